The number of hydrogen-bond acceptors (Lipinski definition) is 8. The summed E-state index contributed by atoms with van der Waals surface area (Å²) in [6.07, 6.45) is 2.72. The van der Waals surface area contributed by atoms with Gasteiger partial charge in [-0.05, 0) is 24.8 Å². The summed E-state index contributed by atoms with van der Waals surface area (Å²) in [5, 5.41) is 21.8. The third-order valence-corrected chi connectivity index (χ3v) is 6.48. The molecule has 8 nitrogen and oxygen atoms in total. The average molecular weight is 480 g/mol. The van der Waals surface area contributed by atoms with Crippen molar-refractivity contribution in [1.82, 2.24) is 24.7 Å². The molecule has 0 aliphatic carbocycles. The van der Waals surface area contributed by atoms with Crippen molar-refractivity contribution < 1.29 is 9.52 Å². The minimum absolute atomic E-state index is 0.0386. The first-order chi connectivity index (χ1) is 16.4. The zero-order valence-corrected chi connectivity index (χ0v) is 20.7. The van der Waals surface area contributed by atoms with Gasteiger partial charge >= 0.3 is 0 Å². The van der Waals surface area contributed by atoms with Crippen LogP contribution in [0.1, 0.15) is 67.6 Å². The Kier molecular flexibility index (Phi) is 7.21. The fourth-order valence-electron chi connectivity index (χ4n) is 4.10. The molecule has 0 amide bonds. The van der Waals surface area contributed by atoms with Gasteiger partial charge in [-0.2, -0.15) is 4.98 Å². The first-order valence-corrected chi connectivity index (χ1v) is 12.4. The molecule has 3 heterocycles. The molecule has 0 radical (unpaired) electrons. The topological polar surface area (TPSA) is 107 Å². The van der Waals surface area contributed by atoms with Gasteiger partial charge in [0, 0.05) is 11.8 Å². The van der Waals surface area contributed by atoms with Gasteiger partial charge < -0.3 is 9.52 Å². The molecule has 4 aromatic rings. The van der Waals surface area contributed by atoms with Gasteiger partial charge in [-0.25, -0.2) is 4.98 Å². The van der Waals surface area contributed by atoms with E-state index in [1.165, 1.54) is 0 Å². The first kappa shape index (κ1) is 23.8. The smallest absolute Gasteiger partial charge is 0.270 e. The Balaban J connectivity index is 1.83. The second kappa shape index (κ2) is 10.3. The highest BCUT2D eigenvalue weighted by Crippen LogP contribution is 2.30. The summed E-state index contributed by atoms with van der Waals surface area (Å²) in [4.78, 5) is 22.8. The molecule has 1 unspecified atom stereocenters. The molecule has 4 rings (SSSR count). The molecule has 1 aromatic carbocycles. The van der Waals surface area contributed by atoms with Gasteiger partial charge in [0.2, 0.25) is 11.8 Å². The number of benzene rings is 1. The Morgan fingerprint density at radius 3 is 2.56 bits per heavy atom. The average Bonchev–Trinajstić information content (AvgIpc) is 3.43. The molecule has 34 heavy (non-hydrogen) atoms. The number of thiazole rings is 1. The molecule has 0 saturated carbocycles. The van der Waals surface area contributed by atoms with E-state index in [1.807, 2.05) is 42.6 Å². The summed E-state index contributed by atoms with van der Waals surface area (Å²) in [5.74, 6) is 0.550. The van der Waals surface area contributed by atoms with E-state index < -0.39 is 0 Å². The minimum Gasteiger partial charge on any atom is -0.493 e. The van der Waals surface area contributed by atoms with Gasteiger partial charge in [0.25, 0.3) is 11.4 Å². The maximum atomic E-state index is 13.9. The summed E-state index contributed by atoms with van der Waals surface area (Å²) >= 11 is 1.54. The standard InChI is InChI=1S/C25H29N5O3S/c1-5-6-12-19-27-23(31)21(24-29-28-20(33-24)13-18-14-34-16(4)26-18)25(32)30(19)22(15(2)3)17-10-8-7-9-11-17/h7-11,14-15,22,31H,5-6,12-13H2,1-4H3. The van der Waals surface area contributed by atoms with Crippen LogP contribution in [0.4, 0.5) is 0 Å². The summed E-state index contributed by atoms with van der Waals surface area (Å²) in [7, 11) is 0. The van der Waals surface area contributed by atoms with Gasteiger partial charge in [0.1, 0.15) is 5.82 Å². The zero-order valence-electron chi connectivity index (χ0n) is 19.9. The van der Waals surface area contributed by atoms with Crippen molar-refractivity contribution in [2.24, 2.45) is 5.92 Å². The van der Waals surface area contributed by atoms with Crippen LogP contribution in [-0.2, 0) is 12.8 Å². The van der Waals surface area contributed by atoms with Gasteiger partial charge in [-0.15, -0.1) is 21.5 Å². The van der Waals surface area contributed by atoms with E-state index in [0.717, 1.165) is 29.1 Å². The fourth-order valence-corrected chi connectivity index (χ4v) is 4.72. The summed E-state index contributed by atoms with van der Waals surface area (Å²) < 4.78 is 7.49. The van der Waals surface area contributed by atoms with Crippen LogP contribution in [0.2, 0.25) is 0 Å². The van der Waals surface area contributed by atoms with Crippen molar-refractivity contribution in [2.45, 2.75) is 59.4 Å². The Morgan fingerprint density at radius 2 is 1.91 bits per heavy atom. The van der Waals surface area contributed by atoms with Gasteiger partial charge in [-0.3, -0.25) is 9.36 Å². The van der Waals surface area contributed by atoms with Crippen LogP contribution < -0.4 is 5.56 Å². The maximum absolute atomic E-state index is 13.9. The predicted octanol–water partition coefficient (Wildman–Crippen LogP) is 4.94. The van der Waals surface area contributed by atoms with E-state index >= 15 is 0 Å². The molecular weight excluding hydrogens is 450 g/mol. The molecule has 1 atom stereocenters. The van der Waals surface area contributed by atoms with Crippen molar-refractivity contribution >= 4 is 11.3 Å². The van der Waals surface area contributed by atoms with Crippen molar-refractivity contribution in [3.8, 4) is 17.3 Å². The van der Waals surface area contributed by atoms with E-state index in [-0.39, 0.29) is 34.9 Å². The number of aromatic nitrogens is 5. The molecular formula is C25H29N5O3S. The van der Waals surface area contributed by atoms with Gasteiger partial charge in [-0.1, -0.05) is 57.5 Å². The van der Waals surface area contributed by atoms with Crippen LogP contribution >= 0.6 is 11.3 Å². The monoisotopic (exact) mass is 479 g/mol. The van der Waals surface area contributed by atoms with Crippen molar-refractivity contribution in [3.05, 3.63) is 74.0 Å². The molecule has 0 spiro atoms. The lowest BCUT2D eigenvalue weighted by Gasteiger charge is -2.27. The molecule has 3 aromatic heterocycles. The van der Waals surface area contributed by atoms with E-state index in [0.29, 0.717) is 24.6 Å². The SMILES string of the molecule is CCCCc1nc(O)c(-c2nnc(Cc3csc(C)n3)o2)c(=O)n1C(c1ccccc1)C(C)C. The largest absolute Gasteiger partial charge is 0.493 e. The summed E-state index contributed by atoms with van der Waals surface area (Å²) in [5.41, 5.74) is 1.35. The predicted molar refractivity (Wildman–Crippen MR) is 131 cm³/mol. The Labute approximate surface area is 202 Å². The lowest BCUT2D eigenvalue weighted by molar-refractivity contribution is 0.388. The second-order valence-corrected chi connectivity index (χ2v) is 9.70. The van der Waals surface area contributed by atoms with E-state index in [1.54, 1.807) is 15.9 Å². The van der Waals surface area contributed by atoms with Crippen LogP contribution in [0.25, 0.3) is 11.5 Å². The van der Waals surface area contributed by atoms with E-state index in [4.69, 9.17) is 4.42 Å². The third kappa shape index (κ3) is 4.94. The Bertz CT molecular complexity index is 1310. The Hall–Kier alpha value is -3.33. The van der Waals surface area contributed by atoms with Crippen molar-refractivity contribution in [2.75, 3.05) is 0 Å². The molecule has 1 N–H and O–H groups in total. The van der Waals surface area contributed by atoms with E-state index in [9.17, 15) is 9.90 Å². The number of hydrogen-bond donors (Lipinski definition) is 1. The number of nitrogens with zero attached hydrogens (tertiary/aromatic N) is 5. The summed E-state index contributed by atoms with van der Waals surface area (Å²) in [6, 6.07) is 9.63. The number of unbranched alkanes of at least 4 members (excludes halogenated alkanes) is 1. The van der Waals surface area contributed by atoms with Crippen LogP contribution in [0, 0.1) is 12.8 Å². The lowest BCUT2D eigenvalue weighted by atomic mass is 9.95. The highest BCUT2D eigenvalue weighted by molar-refractivity contribution is 7.09. The molecule has 0 fully saturated rings. The number of rotatable bonds is 9. The third-order valence-electron chi connectivity index (χ3n) is 5.65. The van der Waals surface area contributed by atoms with Crippen LogP contribution in [-0.4, -0.2) is 29.8 Å². The molecule has 178 valence electrons. The zero-order chi connectivity index (χ0) is 24.2. The molecule has 9 heteroatoms. The highest BCUT2D eigenvalue weighted by atomic mass is 32.1. The molecule has 0 bridgehead atoms. The van der Waals surface area contributed by atoms with Gasteiger partial charge in [0.15, 0.2) is 5.56 Å². The second-order valence-electron chi connectivity index (χ2n) is 8.64. The molecule has 0 aliphatic heterocycles. The van der Waals surface area contributed by atoms with Crippen LogP contribution in [0.3, 0.4) is 0 Å². The highest BCUT2D eigenvalue weighted by Gasteiger charge is 2.28. The molecule has 0 saturated heterocycles. The lowest BCUT2D eigenvalue weighted by Crippen LogP contribution is -2.33. The maximum Gasteiger partial charge on any atom is 0.270 e. The van der Waals surface area contributed by atoms with Crippen molar-refractivity contribution in [3.63, 3.8) is 0 Å². The number of aryl methyl sites for hydroxylation is 2. The molecule has 0 aliphatic rings. The van der Waals surface area contributed by atoms with Gasteiger partial charge in [0.05, 0.1) is 23.2 Å². The van der Waals surface area contributed by atoms with E-state index in [2.05, 4.69) is 40.9 Å². The first-order valence-electron chi connectivity index (χ1n) is 11.5. The fraction of sp³-hybridized carbons (Fsp3) is 0.400. The normalized spacial score (nSPS) is 12.4. The minimum atomic E-state index is -0.388. The van der Waals surface area contributed by atoms with Crippen molar-refractivity contribution in [1.29, 1.82) is 0 Å². The summed E-state index contributed by atoms with van der Waals surface area (Å²) in [6.45, 7) is 8.15. The number of aromatic hydroxyl groups is 1. The quantitative estimate of drug-likeness (QED) is 0.362. The van der Waals surface area contributed by atoms with Crippen LogP contribution in [0.5, 0.6) is 5.88 Å². The Morgan fingerprint density at radius 1 is 1.15 bits per heavy atom. The van der Waals surface area contributed by atoms with Crippen LogP contribution in [0.15, 0.2) is 44.9 Å².